The molecular weight excluding hydrogens is 317 g/mol. The van der Waals surface area contributed by atoms with Crippen molar-refractivity contribution in [3.05, 3.63) is 0 Å². The van der Waals surface area contributed by atoms with Crippen LogP contribution in [0, 0.1) is 5.92 Å². The molecule has 0 N–H and O–H groups in total. The van der Waals surface area contributed by atoms with Crippen LogP contribution in [0.5, 0.6) is 0 Å². The van der Waals surface area contributed by atoms with Crippen LogP contribution in [0.4, 0.5) is 0 Å². The minimum atomic E-state index is 0.0723. The summed E-state index contributed by atoms with van der Waals surface area (Å²) in [6.45, 7) is 0. The minimum absolute atomic E-state index is 0.0723. The van der Waals surface area contributed by atoms with Crippen LogP contribution in [0.2, 0.25) is 0 Å². The molecule has 0 aromatic carbocycles. The standard InChI is InChI=1S/C7H12O2.Hg/c8-7(9)6-4-2-1-3-5-6;/h6H,1-5H2,(H,8,9);/q;+1/p-1. The summed E-state index contributed by atoms with van der Waals surface area (Å²) < 4.78 is 4.85. The normalized spacial score (nSPS) is 20.6. The fraction of sp³-hybridized carbons (Fsp3) is 0.857. The van der Waals surface area contributed by atoms with Crippen molar-refractivity contribution in [2.24, 2.45) is 5.92 Å². The second kappa shape index (κ2) is 4.32. The molecule has 0 atom stereocenters. The molecule has 1 saturated carbocycles. The monoisotopic (exact) mass is 329 g/mol. The van der Waals surface area contributed by atoms with Gasteiger partial charge in [0.1, 0.15) is 0 Å². The summed E-state index contributed by atoms with van der Waals surface area (Å²) in [5.74, 6) is 0.328. The molecule has 0 aromatic heterocycles. The van der Waals surface area contributed by atoms with Crippen molar-refractivity contribution in [2.75, 3.05) is 0 Å². The molecule has 3 heteroatoms. The fourth-order valence-corrected chi connectivity index (χ4v) is 2.37. The Bertz CT molecular complexity index is 119. The predicted octanol–water partition coefficient (Wildman–Crippen LogP) is 1.57. The van der Waals surface area contributed by atoms with Gasteiger partial charge in [0.25, 0.3) is 0 Å². The molecule has 2 nitrogen and oxygen atoms in total. The summed E-state index contributed by atoms with van der Waals surface area (Å²) in [6.07, 6.45) is 5.86. The van der Waals surface area contributed by atoms with Gasteiger partial charge in [-0.1, -0.05) is 0 Å². The van der Waals surface area contributed by atoms with Crippen molar-refractivity contribution in [3.8, 4) is 0 Å². The second-order valence-electron chi connectivity index (χ2n) is 2.80. The number of carbonyl (C=O) groups excluding carboxylic acids is 1. The van der Waals surface area contributed by atoms with E-state index >= 15 is 0 Å². The van der Waals surface area contributed by atoms with Gasteiger partial charge in [-0.05, 0) is 0 Å². The Hall–Kier alpha value is 0.405. The van der Waals surface area contributed by atoms with E-state index in [1.807, 2.05) is 0 Å². The van der Waals surface area contributed by atoms with Crippen molar-refractivity contribution in [1.29, 1.82) is 0 Å². The van der Waals surface area contributed by atoms with Crippen LogP contribution in [0.25, 0.3) is 0 Å². The first-order valence-electron chi connectivity index (χ1n) is 3.80. The second-order valence-corrected chi connectivity index (χ2v) is 3.92. The third-order valence-electron chi connectivity index (χ3n) is 2.08. The molecule has 0 heterocycles. The summed E-state index contributed by atoms with van der Waals surface area (Å²) in [5, 5.41) is 0. The average molecular weight is 328 g/mol. The molecule has 1 fully saturated rings. The summed E-state index contributed by atoms with van der Waals surface area (Å²) in [4.78, 5) is 11.0. The Morgan fingerprint density at radius 1 is 1.30 bits per heavy atom. The number of hydrogen-bond acceptors (Lipinski definition) is 2. The van der Waals surface area contributed by atoms with Gasteiger partial charge >= 0.3 is 78.0 Å². The van der Waals surface area contributed by atoms with Crippen molar-refractivity contribution < 1.29 is 34.0 Å². The topological polar surface area (TPSA) is 26.3 Å². The molecule has 1 rings (SSSR count). The van der Waals surface area contributed by atoms with Crippen LogP contribution in [-0.4, -0.2) is 5.97 Å². The molecule has 0 amide bonds. The first-order valence-corrected chi connectivity index (χ1v) is 6.05. The third kappa shape index (κ3) is 2.22. The van der Waals surface area contributed by atoms with Gasteiger partial charge in [-0.25, -0.2) is 0 Å². The Balaban J connectivity index is 2.31. The third-order valence-corrected chi connectivity index (χ3v) is 3.19. The van der Waals surface area contributed by atoms with E-state index in [0.717, 1.165) is 12.8 Å². The van der Waals surface area contributed by atoms with Gasteiger partial charge in [-0.2, -0.15) is 0 Å². The zero-order chi connectivity index (χ0) is 7.40. The molecule has 1 aliphatic rings. The molecular formula is C7H11HgO2. The first-order chi connectivity index (χ1) is 4.84. The average Bonchev–Trinajstić information content (AvgIpc) is 2.05. The van der Waals surface area contributed by atoms with Crippen molar-refractivity contribution in [2.45, 2.75) is 32.1 Å². The van der Waals surface area contributed by atoms with Crippen LogP contribution in [0.3, 0.4) is 0 Å². The molecule has 1 aliphatic carbocycles. The van der Waals surface area contributed by atoms with E-state index in [1.54, 1.807) is 0 Å². The van der Waals surface area contributed by atoms with Crippen molar-refractivity contribution in [3.63, 3.8) is 0 Å². The Morgan fingerprint density at radius 2 is 1.90 bits per heavy atom. The van der Waals surface area contributed by atoms with E-state index in [0.29, 0.717) is 0 Å². The van der Waals surface area contributed by atoms with Crippen LogP contribution in [0.1, 0.15) is 32.1 Å². The van der Waals surface area contributed by atoms with E-state index < -0.39 is 0 Å². The van der Waals surface area contributed by atoms with Gasteiger partial charge < -0.3 is 0 Å². The molecule has 53 valence electrons. The Labute approximate surface area is 78.0 Å². The predicted molar refractivity (Wildman–Crippen MR) is 32.7 cm³/mol. The maximum absolute atomic E-state index is 11.0. The van der Waals surface area contributed by atoms with E-state index in [-0.39, 0.29) is 38.5 Å². The molecule has 0 aromatic rings. The van der Waals surface area contributed by atoms with Crippen LogP contribution in [0.15, 0.2) is 0 Å². The number of carbonyl (C=O) groups is 1. The molecule has 10 heavy (non-hydrogen) atoms. The fourth-order valence-electron chi connectivity index (χ4n) is 1.46. The van der Waals surface area contributed by atoms with Gasteiger partial charge in [0.05, 0.1) is 0 Å². The van der Waals surface area contributed by atoms with E-state index in [4.69, 9.17) is 2.64 Å². The van der Waals surface area contributed by atoms with Crippen LogP contribution >= 0.6 is 0 Å². The molecule has 0 spiro atoms. The van der Waals surface area contributed by atoms with Gasteiger partial charge in [-0.15, -0.1) is 0 Å². The SMILES string of the molecule is O=C([O][Hg])C1CCCCC1. The quantitative estimate of drug-likeness (QED) is 0.683. The van der Waals surface area contributed by atoms with Gasteiger partial charge in [-0.3, -0.25) is 0 Å². The van der Waals surface area contributed by atoms with E-state index in [1.165, 1.54) is 19.3 Å². The first kappa shape index (κ1) is 8.50. The summed E-state index contributed by atoms with van der Waals surface area (Å²) >= 11 is 0.192. The van der Waals surface area contributed by atoms with Crippen LogP contribution < -0.4 is 0 Å². The summed E-state index contributed by atoms with van der Waals surface area (Å²) in [7, 11) is 0. The Morgan fingerprint density at radius 3 is 2.40 bits per heavy atom. The molecule has 0 unspecified atom stereocenters. The zero-order valence-corrected chi connectivity index (χ0v) is 11.6. The maximum atomic E-state index is 11.0. The molecule has 0 bridgehead atoms. The van der Waals surface area contributed by atoms with E-state index in [2.05, 4.69) is 0 Å². The van der Waals surface area contributed by atoms with Crippen molar-refractivity contribution >= 4 is 5.97 Å². The van der Waals surface area contributed by atoms with E-state index in [9.17, 15) is 4.79 Å². The number of hydrogen-bond donors (Lipinski definition) is 0. The zero-order valence-electron chi connectivity index (χ0n) is 6.14. The number of rotatable bonds is 1. The molecule has 0 aliphatic heterocycles. The van der Waals surface area contributed by atoms with Gasteiger partial charge in [0.15, 0.2) is 0 Å². The van der Waals surface area contributed by atoms with Crippen LogP contribution in [-0.2, 0) is 34.0 Å². The van der Waals surface area contributed by atoms with Gasteiger partial charge in [0, 0.05) is 0 Å². The Kier molecular flexibility index (Phi) is 3.67. The van der Waals surface area contributed by atoms with Crippen molar-refractivity contribution in [1.82, 2.24) is 0 Å². The van der Waals surface area contributed by atoms with Gasteiger partial charge in [0.2, 0.25) is 0 Å². The summed E-state index contributed by atoms with van der Waals surface area (Å²) in [6, 6.07) is 0. The molecule has 0 saturated heterocycles. The molecule has 0 radical (unpaired) electrons. The summed E-state index contributed by atoms with van der Waals surface area (Å²) in [5.41, 5.74) is 0.